The van der Waals surface area contributed by atoms with Gasteiger partial charge in [0.05, 0.1) is 18.8 Å². The van der Waals surface area contributed by atoms with Crippen LogP contribution in [0.5, 0.6) is 0 Å². The molecule has 6 nitrogen and oxygen atoms in total. The lowest BCUT2D eigenvalue weighted by molar-refractivity contribution is -0.149. The number of carbonyl (C=O) groups is 1. The number of likely N-dealkylation sites (tertiary alicyclic amines) is 1. The molecule has 104 valence electrons. The molecular weight excluding hydrogens is 244 g/mol. The highest BCUT2D eigenvalue weighted by Gasteiger charge is 2.33. The number of nitrogens with one attached hydrogen (secondary N) is 2. The second-order valence-corrected chi connectivity index (χ2v) is 5.14. The van der Waals surface area contributed by atoms with E-state index >= 15 is 0 Å². The van der Waals surface area contributed by atoms with Crippen molar-refractivity contribution in [3.63, 3.8) is 0 Å². The smallest absolute Gasteiger partial charge is 0.253 e. The normalized spacial score (nSPS) is 28.3. The summed E-state index contributed by atoms with van der Waals surface area (Å²) in [4.78, 5) is 14.6. The fraction of sp³-hybridized carbons (Fsp3) is 0.692. The summed E-state index contributed by atoms with van der Waals surface area (Å²) in [5.41, 5.74) is 1.09. The molecule has 2 saturated heterocycles. The van der Waals surface area contributed by atoms with Crippen LogP contribution in [0.1, 0.15) is 30.9 Å². The van der Waals surface area contributed by atoms with E-state index in [1.807, 2.05) is 17.3 Å². The Hall–Kier alpha value is -1.40. The quantitative estimate of drug-likeness (QED) is 0.814. The van der Waals surface area contributed by atoms with Crippen molar-refractivity contribution >= 4 is 5.91 Å². The van der Waals surface area contributed by atoms with Gasteiger partial charge in [-0.1, -0.05) is 0 Å². The van der Waals surface area contributed by atoms with Gasteiger partial charge in [-0.25, -0.2) is 0 Å². The molecule has 1 aromatic rings. The van der Waals surface area contributed by atoms with Crippen LogP contribution in [-0.2, 0) is 9.53 Å². The second kappa shape index (κ2) is 5.71. The van der Waals surface area contributed by atoms with Crippen molar-refractivity contribution in [2.24, 2.45) is 0 Å². The third-order valence-electron chi connectivity index (χ3n) is 3.89. The lowest BCUT2D eigenvalue weighted by Gasteiger charge is -2.38. The molecule has 2 fully saturated rings. The van der Waals surface area contributed by atoms with Gasteiger partial charge in [-0.15, -0.1) is 0 Å². The number of rotatable bonds is 2. The SMILES string of the molecule is O=C(C1CNCCO1)N1CCCCC1c1cn[nH]c1. The van der Waals surface area contributed by atoms with Crippen LogP contribution in [0.2, 0.25) is 0 Å². The number of carbonyl (C=O) groups excluding carboxylic acids is 1. The van der Waals surface area contributed by atoms with Gasteiger partial charge in [-0.2, -0.15) is 5.10 Å². The third-order valence-corrected chi connectivity index (χ3v) is 3.89. The number of aromatic nitrogens is 2. The molecule has 0 saturated carbocycles. The molecule has 2 aliphatic heterocycles. The maximum absolute atomic E-state index is 12.6. The van der Waals surface area contributed by atoms with E-state index in [9.17, 15) is 4.79 Å². The van der Waals surface area contributed by atoms with Crippen molar-refractivity contribution in [2.45, 2.75) is 31.4 Å². The van der Waals surface area contributed by atoms with Crippen LogP contribution in [-0.4, -0.2) is 53.3 Å². The highest BCUT2D eigenvalue weighted by molar-refractivity contribution is 5.82. The van der Waals surface area contributed by atoms with E-state index < -0.39 is 0 Å². The summed E-state index contributed by atoms with van der Waals surface area (Å²) in [5, 5.41) is 10.0. The first-order valence-electron chi connectivity index (χ1n) is 6.98. The molecule has 1 aromatic heterocycles. The Kier molecular flexibility index (Phi) is 3.79. The maximum atomic E-state index is 12.6. The molecule has 3 heterocycles. The summed E-state index contributed by atoms with van der Waals surface area (Å²) in [7, 11) is 0. The zero-order valence-corrected chi connectivity index (χ0v) is 11.0. The number of ether oxygens (including phenoxy) is 1. The molecule has 0 bridgehead atoms. The summed E-state index contributed by atoms with van der Waals surface area (Å²) < 4.78 is 5.58. The molecule has 1 amide bonds. The molecule has 0 aromatic carbocycles. The van der Waals surface area contributed by atoms with Crippen molar-refractivity contribution in [2.75, 3.05) is 26.2 Å². The third kappa shape index (κ3) is 2.64. The summed E-state index contributed by atoms with van der Waals surface area (Å²) in [6.07, 6.45) is 6.60. The average Bonchev–Trinajstić information content (AvgIpc) is 3.01. The maximum Gasteiger partial charge on any atom is 0.253 e. The number of H-pyrrole nitrogens is 1. The van der Waals surface area contributed by atoms with E-state index in [0.29, 0.717) is 13.2 Å². The van der Waals surface area contributed by atoms with E-state index in [1.54, 1.807) is 0 Å². The van der Waals surface area contributed by atoms with Crippen LogP contribution >= 0.6 is 0 Å². The topological polar surface area (TPSA) is 70.2 Å². The van der Waals surface area contributed by atoms with Crippen molar-refractivity contribution in [1.29, 1.82) is 0 Å². The second-order valence-electron chi connectivity index (χ2n) is 5.14. The molecule has 0 radical (unpaired) electrons. The number of nitrogens with zero attached hydrogens (tertiary/aromatic N) is 2. The van der Waals surface area contributed by atoms with E-state index in [-0.39, 0.29) is 18.1 Å². The van der Waals surface area contributed by atoms with Crippen LogP contribution < -0.4 is 5.32 Å². The summed E-state index contributed by atoms with van der Waals surface area (Å²) in [6, 6.07) is 0.144. The minimum atomic E-state index is -0.332. The molecule has 6 heteroatoms. The number of aromatic amines is 1. The molecule has 2 aliphatic rings. The molecule has 3 rings (SSSR count). The standard InChI is InChI=1S/C13H20N4O2/c18-13(12-9-14-4-6-19-12)17-5-2-1-3-11(17)10-7-15-16-8-10/h7-8,11-12,14H,1-6,9H2,(H,15,16). The molecule has 2 N–H and O–H groups in total. The van der Waals surface area contributed by atoms with Gasteiger partial charge in [0.1, 0.15) is 6.10 Å². The van der Waals surface area contributed by atoms with Gasteiger partial charge < -0.3 is 15.0 Å². The van der Waals surface area contributed by atoms with E-state index in [0.717, 1.165) is 37.9 Å². The van der Waals surface area contributed by atoms with Gasteiger partial charge in [-0.3, -0.25) is 9.89 Å². The molecular formula is C13H20N4O2. The molecule has 0 spiro atoms. The summed E-state index contributed by atoms with van der Waals surface area (Å²) in [6.45, 7) is 2.87. The van der Waals surface area contributed by atoms with Crippen LogP contribution in [0.4, 0.5) is 0 Å². The van der Waals surface area contributed by atoms with Crippen molar-refractivity contribution < 1.29 is 9.53 Å². The largest absolute Gasteiger partial charge is 0.366 e. The van der Waals surface area contributed by atoms with Crippen molar-refractivity contribution in [3.05, 3.63) is 18.0 Å². The van der Waals surface area contributed by atoms with Crippen LogP contribution in [0.3, 0.4) is 0 Å². The molecule has 2 unspecified atom stereocenters. The Bertz CT molecular complexity index is 414. The summed E-state index contributed by atoms with van der Waals surface area (Å²) in [5.74, 6) is 0.109. The fourth-order valence-corrected chi connectivity index (χ4v) is 2.89. The Morgan fingerprint density at radius 2 is 2.42 bits per heavy atom. The molecule has 2 atom stereocenters. The zero-order chi connectivity index (χ0) is 13.1. The van der Waals surface area contributed by atoms with Gasteiger partial charge in [0.15, 0.2) is 0 Å². The first-order valence-corrected chi connectivity index (χ1v) is 6.98. The predicted molar refractivity (Wildman–Crippen MR) is 69.5 cm³/mol. The Morgan fingerprint density at radius 3 is 3.16 bits per heavy atom. The Morgan fingerprint density at radius 1 is 1.47 bits per heavy atom. The highest BCUT2D eigenvalue weighted by Crippen LogP contribution is 2.31. The Labute approximate surface area is 112 Å². The summed E-state index contributed by atoms with van der Waals surface area (Å²) >= 11 is 0. The van der Waals surface area contributed by atoms with Gasteiger partial charge in [0, 0.05) is 31.4 Å². The Balaban J connectivity index is 1.74. The van der Waals surface area contributed by atoms with Crippen LogP contribution in [0, 0.1) is 0 Å². The molecule has 19 heavy (non-hydrogen) atoms. The minimum Gasteiger partial charge on any atom is -0.366 e. The first kappa shape index (κ1) is 12.6. The van der Waals surface area contributed by atoms with E-state index in [2.05, 4.69) is 15.5 Å². The van der Waals surface area contributed by atoms with Crippen molar-refractivity contribution in [1.82, 2.24) is 20.4 Å². The fourth-order valence-electron chi connectivity index (χ4n) is 2.89. The average molecular weight is 264 g/mol. The van der Waals surface area contributed by atoms with Crippen LogP contribution in [0.25, 0.3) is 0 Å². The first-order chi connectivity index (χ1) is 9.36. The highest BCUT2D eigenvalue weighted by atomic mass is 16.5. The lowest BCUT2D eigenvalue weighted by Crippen LogP contribution is -2.51. The van der Waals surface area contributed by atoms with Crippen molar-refractivity contribution in [3.8, 4) is 0 Å². The van der Waals surface area contributed by atoms with Crippen LogP contribution in [0.15, 0.2) is 12.4 Å². The van der Waals surface area contributed by atoms with Gasteiger partial charge in [-0.05, 0) is 19.3 Å². The van der Waals surface area contributed by atoms with E-state index in [4.69, 9.17) is 4.74 Å². The predicted octanol–water partition coefficient (Wildman–Crippen LogP) is 0.452. The monoisotopic (exact) mass is 264 g/mol. The van der Waals surface area contributed by atoms with Gasteiger partial charge >= 0.3 is 0 Å². The zero-order valence-electron chi connectivity index (χ0n) is 11.0. The minimum absolute atomic E-state index is 0.109. The lowest BCUT2D eigenvalue weighted by atomic mass is 9.97. The number of piperidine rings is 1. The van der Waals surface area contributed by atoms with Gasteiger partial charge in [0.25, 0.3) is 5.91 Å². The number of morpholine rings is 1. The van der Waals surface area contributed by atoms with Gasteiger partial charge in [0.2, 0.25) is 0 Å². The van der Waals surface area contributed by atoms with E-state index in [1.165, 1.54) is 0 Å². The number of hydrogen-bond donors (Lipinski definition) is 2. The number of hydrogen-bond acceptors (Lipinski definition) is 4. The molecule has 0 aliphatic carbocycles. The number of amides is 1.